The van der Waals surface area contributed by atoms with Gasteiger partial charge in [0.2, 0.25) is 0 Å². The quantitative estimate of drug-likeness (QED) is 0.255. The minimum Gasteiger partial charge on any atom is -0.495 e. The highest BCUT2D eigenvalue weighted by Crippen LogP contribution is 2.32. The fraction of sp³-hybridized carbons (Fsp3) is 0.300. The number of allylic oxidation sites excluding steroid dienone is 1. The first-order valence-corrected chi connectivity index (χ1v) is 14.4. The maximum absolute atomic E-state index is 13.6. The van der Waals surface area contributed by atoms with Gasteiger partial charge in [-0.05, 0) is 81.1 Å². The van der Waals surface area contributed by atoms with Gasteiger partial charge in [0.15, 0.2) is 0 Å². The van der Waals surface area contributed by atoms with E-state index in [0.717, 1.165) is 22.3 Å². The van der Waals surface area contributed by atoms with Gasteiger partial charge in [0.1, 0.15) is 10.6 Å². The number of amides is 2. The number of carbonyl (C=O) groups is 1. The van der Waals surface area contributed by atoms with E-state index in [0.29, 0.717) is 48.9 Å². The minimum absolute atomic E-state index is 0.0575. The molecule has 0 unspecified atom stereocenters. The zero-order valence-electron chi connectivity index (χ0n) is 23.3. The summed E-state index contributed by atoms with van der Waals surface area (Å²) in [6.07, 6.45) is 0.656. The van der Waals surface area contributed by atoms with Crippen LogP contribution < -0.4 is 25.0 Å². The topological polar surface area (TPSA) is 99.8 Å². The van der Waals surface area contributed by atoms with Crippen molar-refractivity contribution in [3.63, 3.8) is 0 Å². The maximum Gasteiger partial charge on any atom is 0.319 e. The summed E-state index contributed by atoms with van der Waals surface area (Å²) in [5.74, 6) is 0.406. The van der Waals surface area contributed by atoms with Crippen molar-refractivity contribution in [2.24, 2.45) is 0 Å². The van der Waals surface area contributed by atoms with Gasteiger partial charge in [0.25, 0.3) is 10.0 Å². The van der Waals surface area contributed by atoms with Crippen LogP contribution in [-0.2, 0) is 16.4 Å². The van der Waals surface area contributed by atoms with E-state index in [2.05, 4.69) is 28.9 Å². The van der Waals surface area contributed by atoms with E-state index in [1.165, 1.54) is 13.2 Å². The molecule has 9 heteroatoms. The first-order chi connectivity index (χ1) is 18.6. The highest BCUT2D eigenvalue weighted by atomic mass is 32.2. The van der Waals surface area contributed by atoms with Crippen molar-refractivity contribution < 1.29 is 17.9 Å². The number of sulfonamides is 1. The number of hydrogen-bond donors (Lipinski definition) is 3. The lowest BCUT2D eigenvalue weighted by atomic mass is 9.96. The summed E-state index contributed by atoms with van der Waals surface area (Å²) in [4.78, 5) is 14.7. The lowest BCUT2D eigenvalue weighted by Crippen LogP contribution is -2.31. The molecule has 0 saturated heterocycles. The highest BCUT2D eigenvalue weighted by Gasteiger charge is 2.23. The van der Waals surface area contributed by atoms with E-state index in [9.17, 15) is 13.2 Å². The van der Waals surface area contributed by atoms with E-state index in [4.69, 9.17) is 4.74 Å². The summed E-state index contributed by atoms with van der Waals surface area (Å²) in [5, 5.41) is 5.64. The molecule has 0 aliphatic rings. The molecule has 0 fully saturated rings. The normalized spacial score (nSPS) is 11.0. The lowest BCUT2D eigenvalue weighted by molar-refractivity contribution is 0.252. The molecule has 0 aliphatic heterocycles. The molecule has 3 rings (SSSR count). The second kappa shape index (κ2) is 13.2. The van der Waals surface area contributed by atoms with Crippen molar-refractivity contribution in [1.29, 1.82) is 0 Å². The van der Waals surface area contributed by atoms with E-state index >= 15 is 0 Å². The molecule has 0 aliphatic carbocycles. The second-order valence-electron chi connectivity index (χ2n) is 9.16. The largest absolute Gasteiger partial charge is 0.495 e. The molecule has 39 heavy (non-hydrogen) atoms. The number of carbonyl (C=O) groups excluding carboxylic acids is 1. The molecular formula is C30H38N4O4S. The molecule has 0 bridgehead atoms. The Kier molecular flexibility index (Phi) is 10.0. The molecule has 8 nitrogen and oxygen atoms in total. The minimum atomic E-state index is -4.02. The number of ether oxygens (including phenoxy) is 1. The predicted molar refractivity (Wildman–Crippen MR) is 160 cm³/mol. The number of para-hydroxylation sites is 2. The molecule has 0 aromatic heterocycles. The van der Waals surface area contributed by atoms with Crippen LogP contribution in [0.2, 0.25) is 0 Å². The standard InChI is InChI=1S/C30H38N4O4S/c1-7-34(8-2)27-17-16-24(20-29(27)39(36,37)33-26-14-9-10-15-28(26)38-6)32-30(35)31-19-18-23-12-11-13-25(21(3)4)22(23)5/h9-17,20,33H,3,7-8,18-19H2,1-2,4-6H3,(H2,31,32,35). The molecular weight excluding hydrogens is 512 g/mol. The van der Waals surface area contributed by atoms with Gasteiger partial charge in [-0.15, -0.1) is 0 Å². The van der Waals surface area contributed by atoms with E-state index in [-0.39, 0.29) is 4.90 Å². The Labute approximate surface area is 232 Å². The third-order valence-corrected chi connectivity index (χ3v) is 7.94. The Morgan fingerprint density at radius 2 is 1.74 bits per heavy atom. The molecule has 0 heterocycles. The Bertz CT molecular complexity index is 1430. The first-order valence-electron chi connectivity index (χ1n) is 12.9. The van der Waals surface area contributed by atoms with E-state index in [1.54, 1.807) is 36.4 Å². The van der Waals surface area contributed by atoms with Crippen molar-refractivity contribution in [1.82, 2.24) is 5.32 Å². The van der Waals surface area contributed by atoms with Gasteiger partial charge in [-0.2, -0.15) is 0 Å². The molecule has 3 N–H and O–H groups in total. The molecule has 2 amide bonds. The van der Waals surface area contributed by atoms with Crippen molar-refractivity contribution in [2.75, 3.05) is 41.7 Å². The Morgan fingerprint density at radius 1 is 1.03 bits per heavy atom. The van der Waals surface area contributed by atoms with Crippen LogP contribution in [0.1, 0.15) is 37.5 Å². The number of nitrogens with one attached hydrogen (secondary N) is 3. The lowest BCUT2D eigenvalue weighted by Gasteiger charge is -2.25. The maximum atomic E-state index is 13.6. The summed E-state index contributed by atoms with van der Waals surface area (Å²) in [7, 11) is -2.54. The van der Waals surface area contributed by atoms with Crippen molar-refractivity contribution in [3.05, 3.63) is 83.9 Å². The van der Waals surface area contributed by atoms with Crippen LogP contribution in [0.25, 0.3) is 5.57 Å². The third kappa shape index (κ3) is 7.32. The average molecular weight is 551 g/mol. The zero-order chi connectivity index (χ0) is 28.6. The Hall–Kier alpha value is -3.98. The molecule has 0 atom stereocenters. The molecule has 0 radical (unpaired) electrons. The summed E-state index contributed by atoms with van der Waals surface area (Å²) in [5.41, 5.74) is 5.63. The summed E-state index contributed by atoms with van der Waals surface area (Å²) >= 11 is 0. The van der Waals surface area contributed by atoms with Crippen LogP contribution in [0.5, 0.6) is 5.75 Å². The average Bonchev–Trinajstić information content (AvgIpc) is 2.91. The first kappa shape index (κ1) is 29.6. The smallest absolute Gasteiger partial charge is 0.319 e. The molecule has 3 aromatic rings. The number of benzene rings is 3. The monoisotopic (exact) mass is 550 g/mol. The number of urea groups is 1. The highest BCUT2D eigenvalue weighted by molar-refractivity contribution is 7.93. The number of rotatable bonds is 12. The zero-order valence-corrected chi connectivity index (χ0v) is 24.1. The van der Waals surface area contributed by atoms with Gasteiger partial charge >= 0.3 is 6.03 Å². The van der Waals surface area contributed by atoms with Crippen LogP contribution in [0.3, 0.4) is 0 Å². The molecule has 0 spiro atoms. The van der Waals surface area contributed by atoms with Crippen LogP contribution in [-0.4, -0.2) is 41.2 Å². The van der Waals surface area contributed by atoms with Crippen LogP contribution in [0.4, 0.5) is 21.9 Å². The van der Waals surface area contributed by atoms with Gasteiger partial charge in [-0.25, -0.2) is 13.2 Å². The molecule has 3 aromatic carbocycles. The predicted octanol–water partition coefficient (Wildman–Crippen LogP) is 6.05. The Morgan fingerprint density at radius 3 is 2.41 bits per heavy atom. The third-order valence-electron chi connectivity index (χ3n) is 6.55. The van der Waals surface area contributed by atoms with Crippen molar-refractivity contribution in [2.45, 2.75) is 39.0 Å². The Balaban J connectivity index is 1.80. The fourth-order valence-electron chi connectivity index (χ4n) is 4.46. The number of nitrogens with zero attached hydrogens (tertiary/aromatic N) is 1. The summed E-state index contributed by atoms with van der Waals surface area (Å²) in [6, 6.07) is 17.4. The molecule has 0 saturated carbocycles. The van der Waals surface area contributed by atoms with Crippen molar-refractivity contribution >= 4 is 38.7 Å². The van der Waals surface area contributed by atoms with Crippen molar-refractivity contribution in [3.8, 4) is 5.75 Å². The molecule has 208 valence electrons. The number of methoxy groups -OCH3 is 1. The number of anilines is 3. The van der Waals surface area contributed by atoms with Crippen LogP contribution in [0, 0.1) is 6.92 Å². The van der Waals surface area contributed by atoms with Crippen LogP contribution >= 0.6 is 0 Å². The van der Waals surface area contributed by atoms with Gasteiger partial charge in [0, 0.05) is 25.3 Å². The van der Waals surface area contributed by atoms with Crippen LogP contribution in [0.15, 0.2) is 72.1 Å². The van der Waals surface area contributed by atoms with E-state index in [1.807, 2.05) is 43.9 Å². The fourth-order valence-corrected chi connectivity index (χ4v) is 5.79. The van der Waals surface area contributed by atoms with E-state index < -0.39 is 16.1 Å². The summed E-state index contributed by atoms with van der Waals surface area (Å²) < 4.78 is 35.1. The van der Waals surface area contributed by atoms with Gasteiger partial charge in [-0.1, -0.05) is 42.5 Å². The van der Waals surface area contributed by atoms with Gasteiger partial charge < -0.3 is 20.3 Å². The SMILES string of the molecule is C=C(C)c1cccc(CCNC(=O)Nc2ccc(N(CC)CC)c(S(=O)(=O)Nc3ccccc3OC)c2)c1C. The second-order valence-corrected chi connectivity index (χ2v) is 10.8. The van der Waals surface area contributed by atoms with Gasteiger partial charge in [0.05, 0.1) is 18.5 Å². The summed E-state index contributed by atoms with van der Waals surface area (Å²) in [6.45, 7) is 13.6. The van der Waals surface area contributed by atoms with Gasteiger partial charge in [-0.3, -0.25) is 4.72 Å². The number of hydrogen-bond acceptors (Lipinski definition) is 5.